The second kappa shape index (κ2) is 8.60. The predicted octanol–water partition coefficient (Wildman–Crippen LogP) is 3.77. The van der Waals surface area contributed by atoms with Crippen molar-refractivity contribution in [1.82, 2.24) is 19.3 Å². The van der Waals surface area contributed by atoms with Crippen molar-refractivity contribution in [2.75, 3.05) is 19.0 Å². The molecule has 0 bridgehead atoms. The molecule has 31 heavy (non-hydrogen) atoms. The molecule has 4 rings (SSSR count). The van der Waals surface area contributed by atoms with Gasteiger partial charge in [-0.2, -0.15) is 4.31 Å². The summed E-state index contributed by atoms with van der Waals surface area (Å²) in [6.07, 6.45) is 4.78. The molecule has 3 heterocycles. The quantitative estimate of drug-likeness (QED) is 0.624. The molecule has 1 saturated heterocycles. The minimum Gasteiger partial charge on any atom is -0.496 e. The zero-order valence-corrected chi connectivity index (χ0v) is 18.6. The van der Waals surface area contributed by atoms with Gasteiger partial charge in [-0.05, 0) is 68.1 Å². The first-order valence-corrected chi connectivity index (χ1v) is 11.5. The van der Waals surface area contributed by atoms with E-state index in [9.17, 15) is 8.42 Å². The van der Waals surface area contributed by atoms with Crippen LogP contribution in [0.1, 0.15) is 35.7 Å². The molecule has 1 aliphatic rings. The zero-order valence-electron chi connectivity index (χ0n) is 17.7. The number of nitrogens with one attached hydrogen (secondary N) is 1. The van der Waals surface area contributed by atoms with E-state index >= 15 is 0 Å². The normalized spacial score (nSPS) is 16.9. The summed E-state index contributed by atoms with van der Waals surface area (Å²) in [6, 6.07) is 10.4. The molecule has 1 fully saturated rings. The van der Waals surface area contributed by atoms with Crippen LogP contribution in [0.15, 0.2) is 53.7 Å². The van der Waals surface area contributed by atoms with Gasteiger partial charge in [0.2, 0.25) is 16.0 Å². The van der Waals surface area contributed by atoms with Crippen molar-refractivity contribution in [3.05, 3.63) is 65.6 Å². The summed E-state index contributed by atoms with van der Waals surface area (Å²) in [4.78, 5) is 13.3. The second-order valence-electron chi connectivity index (χ2n) is 7.51. The molecule has 3 aromatic rings. The monoisotopic (exact) mass is 439 g/mol. The first-order chi connectivity index (χ1) is 14.9. The van der Waals surface area contributed by atoms with Crippen LogP contribution in [0, 0.1) is 13.8 Å². The average Bonchev–Trinajstić information content (AvgIpc) is 3.27. The van der Waals surface area contributed by atoms with E-state index in [0.717, 1.165) is 12.0 Å². The van der Waals surface area contributed by atoms with Gasteiger partial charge in [-0.25, -0.2) is 23.4 Å². The minimum absolute atomic E-state index is 0.310. The van der Waals surface area contributed by atoms with Gasteiger partial charge in [0.1, 0.15) is 11.6 Å². The van der Waals surface area contributed by atoms with E-state index in [2.05, 4.69) is 20.3 Å². The highest BCUT2D eigenvalue weighted by atomic mass is 32.2. The lowest BCUT2D eigenvalue weighted by Crippen LogP contribution is -2.31. The number of ether oxygens (including phenoxy) is 1. The molecule has 0 unspecified atom stereocenters. The van der Waals surface area contributed by atoms with Crippen LogP contribution in [0.25, 0.3) is 0 Å². The van der Waals surface area contributed by atoms with Gasteiger partial charge in [-0.1, -0.05) is 6.07 Å². The number of nitrogens with zero attached hydrogens (tertiary/aromatic N) is 4. The van der Waals surface area contributed by atoms with Gasteiger partial charge in [0.25, 0.3) is 0 Å². The summed E-state index contributed by atoms with van der Waals surface area (Å²) in [7, 11) is -2.11. The Morgan fingerprint density at radius 1 is 1.10 bits per heavy atom. The number of pyridine rings is 1. The van der Waals surface area contributed by atoms with E-state index in [-0.39, 0.29) is 6.04 Å². The van der Waals surface area contributed by atoms with Gasteiger partial charge in [0.05, 0.1) is 23.7 Å². The number of aromatic nitrogens is 3. The maximum Gasteiger partial charge on any atom is 0.243 e. The molecule has 0 radical (unpaired) electrons. The number of hydrogen-bond donors (Lipinski definition) is 1. The number of rotatable bonds is 6. The van der Waals surface area contributed by atoms with E-state index in [1.165, 1.54) is 0 Å². The molecular weight excluding hydrogens is 414 g/mol. The molecule has 0 saturated carbocycles. The molecule has 0 amide bonds. The van der Waals surface area contributed by atoms with Crippen molar-refractivity contribution in [2.24, 2.45) is 0 Å². The highest BCUT2D eigenvalue weighted by Gasteiger charge is 2.38. The Morgan fingerprint density at radius 3 is 2.61 bits per heavy atom. The predicted molar refractivity (Wildman–Crippen MR) is 118 cm³/mol. The van der Waals surface area contributed by atoms with Gasteiger partial charge in [0, 0.05) is 18.9 Å². The van der Waals surface area contributed by atoms with Crippen molar-refractivity contribution in [1.29, 1.82) is 0 Å². The summed E-state index contributed by atoms with van der Waals surface area (Å²) >= 11 is 0. The smallest absolute Gasteiger partial charge is 0.243 e. The Hall–Kier alpha value is -3.04. The Morgan fingerprint density at radius 2 is 1.87 bits per heavy atom. The maximum atomic E-state index is 13.6. The largest absolute Gasteiger partial charge is 0.496 e. The Bertz CT molecular complexity index is 1190. The van der Waals surface area contributed by atoms with Gasteiger partial charge >= 0.3 is 0 Å². The molecule has 0 aliphatic carbocycles. The molecule has 9 heteroatoms. The minimum atomic E-state index is -3.69. The lowest BCUT2D eigenvalue weighted by atomic mass is 10.1. The van der Waals surface area contributed by atoms with E-state index in [4.69, 9.17) is 4.74 Å². The number of sulfonamides is 1. The summed E-state index contributed by atoms with van der Waals surface area (Å²) in [6.45, 7) is 4.10. The molecular formula is C22H25N5O3S. The third-order valence-electron chi connectivity index (χ3n) is 5.40. The Balaban J connectivity index is 1.65. The van der Waals surface area contributed by atoms with Crippen LogP contribution in [-0.2, 0) is 10.0 Å². The van der Waals surface area contributed by atoms with Crippen molar-refractivity contribution in [3.8, 4) is 5.75 Å². The van der Waals surface area contributed by atoms with Crippen molar-refractivity contribution >= 4 is 21.8 Å². The van der Waals surface area contributed by atoms with Crippen LogP contribution in [0.2, 0.25) is 0 Å². The maximum absolute atomic E-state index is 13.6. The van der Waals surface area contributed by atoms with E-state index in [1.807, 2.05) is 25.1 Å². The Labute approximate surface area is 182 Å². The third kappa shape index (κ3) is 4.24. The fourth-order valence-corrected chi connectivity index (χ4v) is 5.86. The molecule has 1 atom stereocenters. The molecule has 8 nitrogen and oxygen atoms in total. The SMILES string of the molecule is COc1cc(C)c(S(=O)(=O)N2CCC[C@@H]2c2cccc(Nc3ncccn3)n2)cc1C. The number of methoxy groups -OCH3 is 1. The van der Waals surface area contributed by atoms with Crippen LogP contribution < -0.4 is 10.1 Å². The van der Waals surface area contributed by atoms with Crippen molar-refractivity contribution in [2.45, 2.75) is 37.6 Å². The van der Waals surface area contributed by atoms with Crippen molar-refractivity contribution in [3.63, 3.8) is 0 Å². The molecule has 1 aliphatic heterocycles. The molecule has 162 valence electrons. The lowest BCUT2D eigenvalue weighted by molar-refractivity contribution is 0.389. The molecule has 0 spiro atoms. The highest BCUT2D eigenvalue weighted by Crippen LogP contribution is 2.38. The molecule has 1 N–H and O–H groups in total. The van der Waals surface area contributed by atoms with Gasteiger partial charge < -0.3 is 10.1 Å². The summed E-state index contributed by atoms with van der Waals surface area (Å²) in [5.74, 6) is 1.69. The summed E-state index contributed by atoms with van der Waals surface area (Å²) in [5, 5.41) is 3.07. The van der Waals surface area contributed by atoms with Gasteiger partial charge in [-0.15, -0.1) is 0 Å². The summed E-state index contributed by atoms with van der Waals surface area (Å²) in [5.41, 5.74) is 2.15. The van der Waals surface area contributed by atoms with E-state index in [0.29, 0.717) is 46.6 Å². The fourth-order valence-electron chi connectivity index (χ4n) is 3.90. The number of aryl methyl sites for hydroxylation is 2. The fraction of sp³-hybridized carbons (Fsp3) is 0.318. The first-order valence-electron chi connectivity index (χ1n) is 10.1. The van der Waals surface area contributed by atoms with Gasteiger partial charge in [-0.3, -0.25) is 0 Å². The topological polar surface area (TPSA) is 97.3 Å². The number of benzene rings is 1. The second-order valence-corrected chi connectivity index (χ2v) is 9.37. The first kappa shape index (κ1) is 21.2. The van der Waals surface area contributed by atoms with Crippen LogP contribution in [0.3, 0.4) is 0 Å². The highest BCUT2D eigenvalue weighted by molar-refractivity contribution is 7.89. The summed E-state index contributed by atoms with van der Waals surface area (Å²) < 4.78 is 34.1. The van der Waals surface area contributed by atoms with Crippen LogP contribution in [0.4, 0.5) is 11.8 Å². The lowest BCUT2D eigenvalue weighted by Gasteiger charge is -2.25. The van der Waals surface area contributed by atoms with Crippen LogP contribution in [0.5, 0.6) is 5.75 Å². The van der Waals surface area contributed by atoms with E-state index in [1.54, 1.807) is 48.9 Å². The van der Waals surface area contributed by atoms with Crippen LogP contribution >= 0.6 is 0 Å². The van der Waals surface area contributed by atoms with E-state index < -0.39 is 10.0 Å². The van der Waals surface area contributed by atoms with Crippen molar-refractivity contribution < 1.29 is 13.2 Å². The Kier molecular flexibility index (Phi) is 5.88. The molecule has 2 aromatic heterocycles. The average molecular weight is 440 g/mol. The standard InChI is InChI=1S/C22H25N5O3S/c1-15-14-20(16(2)13-19(15)30-3)31(28,29)27-12-5-8-18(27)17-7-4-9-21(25-17)26-22-23-10-6-11-24-22/h4,6-7,9-11,13-14,18H,5,8,12H2,1-3H3,(H,23,24,25,26)/t18-/m1/s1. The molecule has 1 aromatic carbocycles. The number of anilines is 2. The number of hydrogen-bond acceptors (Lipinski definition) is 7. The third-order valence-corrected chi connectivity index (χ3v) is 7.45. The van der Waals surface area contributed by atoms with Gasteiger partial charge in [0.15, 0.2) is 0 Å². The zero-order chi connectivity index (χ0) is 22.0. The van der Waals surface area contributed by atoms with Crippen LogP contribution in [-0.4, -0.2) is 41.3 Å².